The molecule has 49 heavy (non-hydrogen) atoms. The van der Waals surface area contributed by atoms with Gasteiger partial charge in [0.05, 0.1) is 24.9 Å². The minimum Gasteiger partial charge on any atom is -0.310 e. The van der Waals surface area contributed by atoms with E-state index in [1.165, 1.54) is 61.4 Å². The molecule has 0 N–H and O–H groups in total. The average molecular weight is 648 g/mol. The molecule has 3 heteroatoms. The SMILES string of the molecule is CC1(C)c2cc([Si](C)(C)C)cc3c2B2c4c1cccc4C1(c4ccccc4N(c4ccccc4)c4ccccc41)c1cccc(c12)C3(C)C. The third-order valence-corrected chi connectivity index (χ3v) is 14.8. The minimum absolute atomic E-state index is 0.133. The lowest BCUT2D eigenvalue weighted by molar-refractivity contribution is 0.614. The molecule has 6 aromatic rings. The van der Waals surface area contributed by atoms with E-state index in [0.29, 0.717) is 0 Å². The van der Waals surface area contributed by atoms with Crippen molar-refractivity contribution in [2.24, 2.45) is 0 Å². The van der Waals surface area contributed by atoms with E-state index in [2.05, 4.69) is 180 Å². The predicted molar refractivity (Wildman–Crippen MR) is 211 cm³/mol. The Balaban J connectivity index is 1.41. The summed E-state index contributed by atoms with van der Waals surface area (Å²) in [7, 11) is -1.60. The second-order valence-corrected chi connectivity index (χ2v) is 22.0. The van der Waals surface area contributed by atoms with Crippen LogP contribution in [0.1, 0.15) is 72.2 Å². The van der Waals surface area contributed by atoms with E-state index in [9.17, 15) is 0 Å². The van der Waals surface area contributed by atoms with Crippen LogP contribution in [0.2, 0.25) is 19.6 Å². The topological polar surface area (TPSA) is 3.24 Å². The Morgan fingerprint density at radius 1 is 0.449 bits per heavy atom. The summed E-state index contributed by atoms with van der Waals surface area (Å²) < 4.78 is 0. The Morgan fingerprint density at radius 3 is 1.35 bits per heavy atom. The predicted octanol–water partition coefficient (Wildman–Crippen LogP) is 8.51. The van der Waals surface area contributed by atoms with Crippen molar-refractivity contribution < 1.29 is 0 Å². The smallest absolute Gasteiger partial charge is 0.243 e. The summed E-state index contributed by atoms with van der Waals surface area (Å²) in [5.41, 5.74) is 19.3. The highest BCUT2D eigenvalue weighted by Gasteiger charge is 2.59. The van der Waals surface area contributed by atoms with E-state index >= 15 is 0 Å². The normalized spacial score (nSPS) is 17.7. The quantitative estimate of drug-likeness (QED) is 0.170. The Morgan fingerprint density at radius 2 is 0.857 bits per heavy atom. The number of fused-ring (bicyclic) bond motifs is 6. The van der Waals surface area contributed by atoms with Crippen LogP contribution in [0.4, 0.5) is 17.1 Å². The van der Waals surface area contributed by atoms with E-state index in [1.54, 1.807) is 21.8 Å². The maximum Gasteiger partial charge on any atom is 0.243 e. The Hall–Kier alpha value is -4.60. The zero-order valence-electron chi connectivity index (χ0n) is 29.6. The lowest BCUT2D eigenvalue weighted by Crippen LogP contribution is -2.72. The monoisotopic (exact) mass is 647 g/mol. The molecule has 0 aliphatic carbocycles. The molecule has 4 aliphatic rings. The first-order valence-electron chi connectivity index (χ1n) is 18.0. The van der Waals surface area contributed by atoms with Gasteiger partial charge in [0.25, 0.3) is 0 Å². The Bertz CT molecular complexity index is 2260. The molecule has 0 radical (unpaired) electrons. The van der Waals surface area contributed by atoms with Crippen LogP contribution in [-0.4, -0.2) is 14.8 Å². The fourth-order valence-electron chi connectivity index (χ4n) is 10.5. The highest BCUT2D eigenvalue weighted by atomic mass is 28.3. The van der Waals surface area contributed by atoms with E-state index in [-0.39, 0.29) is 17.5 Å². The molecule has 0 atom stereocenters. The number of hydrogen-bond donors (Lipinski definition) is 0. The molecular weight excluding hydrogens is 605 g/mol. The van der Waals surface area contributed by atoms with Crippen molar-refractivity contribution >= 4 is 53.4 Å². The van der Waals surface area contributed by atoms with E-state index < -0.39 is 13.5 Å². The zero-order chi connectivity index (χ0) is 33.7. The van der Waals surface area contributed by atoms with E-state index in [0.717, 1.165) is 0 Å². The van der Waals surface area contributed by atoms with Crippen LogP contribution in [0.5, 0.6) is 0 Å². The third-order valence-electron chi connectivity index (χ3n) is 12.7. The van der Waals surface area contributed by atoms with Gasteiger partial charge in [-0.2, -0.15) is 0 Å². The average Bonchev–Trinajstić information content (AvgIpc) is 3.10. The van der Waals surface area contributed by atoms with Crippen molar-refractivity contribution in [3.05, 3.63) is 172 Å². The summed E-state index contributed by atoms with van der Waals surface area (Å²) >= 11 is 0. The summed E-state index contributed by atoms with van der Waals surface area (Å²) in [4.78, 5) is 2.49. The van der Waals surface area contributed by atoms with Crippen molar-refractivity contribution in [3.8, 4) is 0 Å². The fraction of sp³-hybridized carbons (Fsp3) is 0.217. The van der Waals surface area contributed by atoms with Gasteiger partial charge in [-0.3, -0.25) is 0 Å². The number of hydrogen-bond acceptors (Lipinski definition) is 1. The molecule has 0 amide bonds. The molecule has 0 bridgehead atoms. The van der Waals surface area contributed by atoms with E-state index in [4.69, 9.17) is 0 Å². The number of anilines is 3. The molecule has 1 spiro atoms. The van der Waals surface area contributed by atoms with Gasteiger partial charge in [0, 0.05) is 16.5 Å². The van der Waals surface area contributed by atoms with Gasteiger partial charge in [-0.05, 0) is 68.8 Å². The van der Waals surface area contributed by atoms with Crippen LogP contribution >= 0.6 is 0 Å². The Labute approximate surface area is 292 Å². The lowest BCUT2D eigenvalue weighted by atomic mass is 9.23. The van der Waals surface area contributed by atoms with Crippen LogP contribution < -0.4 is 26.5 Å². The fourth-order valence-corrected chi connectivity index (χ4v) is 11.6. The second kappa shape index (κ2) is 9.34. The summed E-state index contributed by atoms with van der Waals surface area (Å²) in [6, 6.07) is 49.3. The van der Waals surface area contributed by atoms with Gasteiger partial charge in [0.1, 0.15) is 0 Å². The molecule has 10 rings (SSSR count). The van der Waals surface area contributed by atoms with Crippen LogP contribution in [0.25, 0.3) is 0 Å². The van der Waals surface area contributed by atoms with Crippen molar-refractivity contribution in [2.45, 2.75) is 63.6 Å². The number of para-hydroxylation sites is 3. The summed E-state index contributed by atoms with van der Waals surface area (Å²) in [6.45, 7) is 17.7. The first-order chi connectivity index (χ1) is 23.5. The molecule has 4 heterocycles. The molecule has 4 aliphatic heterocycles. The van der Waals surface area contributed by atoms with Gasteiger partial charge in [-0.15, -0.1) is 0 Å². The summed E-state index contributed by atoms with van der Waals surface area (Å²) in [5, 5.41) is 1.57. The van der Waals surface area contributed by atoms with Crippen molar-refractivity contribution in [1.82, 2.24) is 0 Å². The minimum atomic E-state index is -1.60. The largest absolute Gasteiger partial charge is 0.310 e. The zero-order valence-corrected chi connectivity index (χ0v) is 30.6. The van der Waals surface area contributed by atoms with Gasteiger partial charge in [0.2, 0.25) is 6.71 Å². The lowest BCUT2D eigenvalue weighted by Gasteiger charge is -2.56. The highest BCUT2D eigenvalue weighted by molar-refractivity contribution is 6.99. The first kappa shape index (κ1) is 29.3. The molecule has 0 aromatic heterocycles. The van der Waals surface area contributed by atoms with Gasteiger partial charge < -0.3 is 4.90 Å². The maximum absolute atomic E-state index is 2.64. The van der Waals surface area contributed by atoms with Crippen LogP contribution in [0.15, 0.2) is 127 Å². The molecule has 0 saturated heterocycles. The first-order valence-corrected chi connectivity index (χ1v) is 21.5. The molecule has 6 aromatic carbocycles. The Kier molecular flexibility index (Phi) is 5.59. The molecule has 1 nitrogen and oxygen atoms in total. The maximum atomic E-state index is 2.64. The van der Waals surface area contributed by atoms with Crippen LogP contribution in [0, 0.1) is 0 Å². The number of nitrogens with zero attached hydrogens (tertiary/aromatic N) is 1. The third kappa shape index (κ3) is 3.42. The van der Waals surface area contributed by atoms with E-state index in [1.807, 2.05) is 0 Å². The highest BCUT2D eigenvalue weighted by Crippen LogP contribution is 2.59. The number of rotatable bonds is 2. The summed E-state index contributed by atoms with van der Waals surface area (Å²) in [5.74, 6) is 0. The molecule has 0 saturated carbocycles. The van der Waals surface area contributed by atoms with Gasteiger partial charge in [-0.1, -0.05) is 172 Å². The molecular formula is C46H42BNSi. The molecule has 0 unspecified atom stereocenters. The standard InChI is InChI=1S/C46H42BNSi/c1-44(2)33-21-15-23-35-41(33)47-42-34(45(3,4)38-28-30(49(5,6)7)27-37(44)43(38)47)22-16-24-36(42)46(35)31-19-11-13-25-39(31)48(29-17-9-8-10-18-29)40-26-14-12-20-32(40)46/h8-28H,1-7H3. The molecule has 238 valence electrons. The van der Waals surface area contributed by atoms with Gasteiger partial charge in [-0.25, -0.2) is 0 Å². The summed E-state index contributed by atoms with van der Waals surface area (Å²) in [6.07, 6.45) is 0. The molecule has 0 fully saturated rings. The van der Waals surface area contributed by atoms with Crippen molar-refractivity contribution in [2.75, 3.05) is 4.90 Å². The van der Waals surface area contributed by atoms with Crippen LogP contribution in [-0.2, 0) is 16.2 Å². The second-order valence-electron chi connectivity index (χ2n) is 16.9. The van der Waals surface area contributed by atoms with Crippen molar-refractivity contribution in [3.63, 3.8) is 0 Å². The van der Waals surface area contributed by atoms with Gasteiger partial charge >= 0.3 is 0 Å². The number of benzene rings is 6. The van der Waals surface area contributed by atoms with Crippen molar-refractivity contribution in [1.29, 1.82) is 0 Å². The van der Waals surface area contributed by atoms with Gasteiger partial charge in [0.15, 0.2) is 0 Å². The van der Waals surface area contributed by atoms with Crippen LogP contribution in [0.3, 0.4) is 0 Å².